The predicted molar refractivity (Wildman–Crippen MR) is 68.3 cm³/mol. The SMILES string of the molecule is O=C1CC(O)CN1c1nc(-c2ccccn2)cs1. The van der Waals surface area contributed by atoms with Gasteiger partial charge in [0.25, 0.3) is 0 Å². The molecular formula is C12H11N3O2S. The number of amides is 1. The van der Waals surface area contributed by atoms with Crippen molar-refractivity contribution in [3.63, 3.8) is 0 Å². The van der Waals surface area contributed by atoms with Gasteiger partial charge >= 0.3 is 0 Å². The Morgan fingerprint density at radius 1 is 1.39 bits per heavy atom. The van der Waals surface area contributed by atoms with Crippen molar-refractivity contribution >= 4 is 22.4 Å². The Bertz CT molecular complexity index is 570. The fourth-order valence-electron chi connectivity index (χ4n) is 1.89. The predicted octanol–water partition coefficient (Wildman–Crippen LogP) is 1.30. The van der Waals surface area contributed by atoms with Crippen molar-refractivity contribution in [1.29, 1.82) is 0 Å². The number of hydrogen-bond acceptors (Lipinski definition) is 5. The zero-order valence-corrected chi connectivity index (χ0v) is 10.3. The van der Waals surface area contributed by atoms with E-state index in [0.29, 0.717) is 11.7 Å². The number of carbonyl (C=O) groups excluding carboxylic acids is 1. The highest BCUT2D eigenvalue weighted by atomic mass is 32.1. The number of aliphatic hydroxyl groups excluding tert-OH is 1. The van der Waals surface area contributed by atoms with Gasteiger partial charge in [-0.2, -0.15) is 0 Å². The van der Waals surface area contributed by atoms with Crippen LogP contribution in [-0.2, 0) is 4.79 Å². The van der Waals surface area contributed by atoms with E-state index in [0.717, 1.165) is 11.4 Å². The molecule has 3 heterocycles. The lowest BCUT2D eigenvalue weighted by Crippen LogP contribution is -2.24. The molecule has 1 aliphatic heterocycles. The Morgan fingerprint density at radius 2 is 2.28 bits per heavy atom. The van der Waals surface area contributed by atoms with E-state index in [1.165, 1.54) is 16.2 Å². The summed E-state index contributed by atoms with van der Waals surface area (Å²) in [6, 6.07) is 5.61. The van der Waals surface area contributed by atoms with Gasteiger partial charge in [0.05, 0.1) is 24.8 Å². The molecule has 0 bridgehead atoms. The van der Waals surface area contributed by atoms with E-state index in [1.807, 2.05) is 23.6 Å². The number of pyridine rings is 1. The van der Waals surface area contributed by atoms with E-state index in [9.17, 15) is 9.90 Å². The first-order valence-electron chi connectivity index (χ1n) is 5.59. The van der Waals surface area contributed by atoms with Crippen molar-refractivity contribution in [3.8, 4) is 11.4 Å². The number of nitrogens with zero attached hydrogens (tertiary/aromatic N) is 3. The minimum Gasteiger partial charge on any atom is -0.391 e. The highest BCUT2D eigenvalue weighted by molar-refractivity contribution is 7.14. The number of carbonyl (C=O) groups is 1. The van der Waals surface area contributed by atoms with Crippen LogP contribution in [0.15, 0.2) is 29.8 Å². The fourth-order valence-corrected chi connectivity index (χ4v) is 2.74. The third kappa shape index (κ3) is 2.00. The van der Waals surface area contributed by atoms with Crippen LogP contribution in [0.2, 0.25) is 0 Å². The topological polar surface area (TPSA) is 66.3 Å². The molecule has 3 rings (SSSR count). The first kappa shape index (κ1) is 11.3. The van der Waals surface area contributed by atoms with Gasteiger partial charge in [-0.3, -0.25) is 14.7 Å². The van der Waals surface area contributed by atoms with Gasteiger partial charge in [0.15, 0.2) is 5.13 Å². The molecule has 1 unspecified atom stereocenters. The molecule has 92 valence electrons. The van der Waals surface area contributed by atoms with Gasteiger partial charge in [-0.1, -0.05) is 6.07 Å². The molecule has 1 N–H and O–H groups in total. The Balaban J connectivity index is 1.88. The van der Waals surface area contributed by atoms with Crippen molar-refractivity contribution < 1.29 is 9.90 Å². The van der Waals surface area contributed by atoms with Gasteiger partial charge in [-0.15, -0.1) is 11.3 Å². The van der Waals surface area contributed by atoms with Crippen molar-refractivity contribution in [2.24, 2.45) is 0 Å². The highest BCUT2D eigenvalue weighted by Gasteiger charge is 2.30. The molecule has 18 heavy (non-hydrogen) atoms. The lowest BCUT2D eigenvalue weighted by molar-refractivity contribution is -0.117. The zero-order chi connectivity index (χ0) is 12.5. The molecule has 0 aromatic carbocycles. The van der Waals surface area contributed by atoms with Crippen LogP contribution in [0.3, 0.4) is 0 Å². The number of anilines is 1. The third-order valence-electron chi connectivity index (χ3n) is 2.75. The molecule has 1 atom stereocenters. The number of aromatic nitrogens is 2. The maximum atomic E-state index is 11.6. The van der Waals surface area contributed by atoms with Crippen LogP contribution in [0, 0.1) is 0 Å². The minimum atomic E-state index is -0.584. The standard InChI is InChI=1S/C12H11N3O2S/c16-8-5-11(17)15(6-8)12-14-10(7-18-12)9-3-1-2-4-13-9/h1-4,7-8,16H,5-6H2. The fraction of sp³-hybridized carbons (Fsp3) is 0.250. The van der Waals surface area contributed by atoms with Gasteiger partial charge in [-0.25, -0.2) is 4.98 Å². The summed E-state index contributed by atoms with van der Waals surface area (Å²) in [5, 5.41) is 12.0. The summed E-state index contributed by atoms with van der Waals surface area (Å²) in [4.78, 5) is 21.8. The molecule has 1 fully saturated rings. The van der Waals surface area contributed by atoms with Crippen LogP contribution < -0.4 is 4.90 Å². The van der Waals surface area contributed by atoms with Crippen LogP contribution in [-0.4, -0.2) is 33.6 Å². The quantitative estimate of drug-likeness (QED) is 0.885. The third-order valence-corrected chi connectivity index (χ3v) is 3.62. The van der Waals surface area contributed by atoms with Crippen LogP contribution in [0.5, 0.6) is 0 Å². The van der Waals surface area contributed by atoms with Crippen LogP contribution in [0.25, 0.3) is 11.4 Å². The average molecular weight is 261 g/mol. The van der Waals surface area contributed by atoms with Crippen molar-refractivity contribution in [1.82, 2.24) is 9.97 Å². The Morgan fingerprint density at radius 3 is 2.94 bits per heavy atom. The summed E-state index contributed by atoms with van der Waals surface area (Å²) in [7, 11) is 0. The zero-order valence-electron chi connectivity index (χ0n) is 9.48. The average Bonchev–Trinajstić information content (AvgIpc) is 2.97. The van der Waals surface area contributed by atoms with Crippen LogP contribution in [0.1, 0.15) is 6.42 Å². The smallest absolute Gasteiger partial charge is 0.231 e. The van der Waals surface area contributed by atoms with Gasteiger partial charge < -0.3 is 5.11 Å². The minimum absolute atomic E-state index is 0.0792. The Hall–Kier alpha value is -1.79. The summed E-state index contributed by atoms with van der Waals surface area (Å²) >= 11 is 1.39. The number of hydrogen-bond donors (Lipinski definition) is 1. The molecular weight excluding hydrogens is 250 g/mol. The second-order valence-corrected chi connectivity index (χ2v) is 4.93. The number of aliphatic hydroxyl groups is 1. The summed E-state index contributed by atoms with van der Waals surface area (Å²) in [6.07, 6.45) is 1.30. The van der Waals surface area contributed by atoms with E-state index >= 15 is 0 Å². The Kier molecular flexibility index (Phi) is 2.81. The molecule has 2 aromatic rings. The van der Waals surface area contributed by atoms with Crippen LogP contribution in [0.4, 0.5) is 5.13 Å². The van der Waals surface area contributed by atoms with Crippen molar-refractivity contribution in [2.45, 2.75) is 12.5 Å². The second-order valence-electron chi connectivity index (χ2n) is 4.09. The first-order valence-corrected chi connectivity index (χ1v) is 6.47. The Labute approximate surface area is 108 Å². The van der Waals surface area contributed by atoms with E-state index in [4.69, 9.17) is 0 Å². The normalized spacial score (nSPS) is 19.5. The molecule has 5 nitrogen and oxygen atoms in total. The highest BCUT2D eigenvalue weighted by Crippen LogP contribution is 2.29. The largest absolute Gasteiger partial charge is 0.391 e. The maximum Gasteiger partial charge on any atom is 0.231 e. The monoisotopic (exact) mass is 261 g/mol. The van der Waals surface area contributed by atoms with Crippen molar-refractivity contribution in [2.75, 3.05) is 11.4 Å². The van der Waals surface area contributed by atoms with E-state index in [1.54, 1.807) is 6.20 Å². The van der Waals surface area contributed by atoms with Gasteiger partial charge in [-0.05, 0) is 12.1 Å². The molecule has 0 radical (unpaired) electrons. The number of thiazole rings is 1. The van der Waals surface area contributed by atoms with Gasteiger partial charge in [0.1, 0.15) is 5.69 Å². The van der Waals surface area contributed by atoms with Crippen LogP contribution >= 0.6 is 11.3 Å². The molecule has 0 saturated carbocycles. The van der Waals surface area contributed by atoms with Gasteiger partial charge in [0.2, 0.25) is 5.91 Å². The lowest BCUT2D eigenvalue weighted by atomic mass is 10.3. The second kappa shape index (κ2) is 4.47. The lowest BCUT2D eigenvalue weighted by Gasteiger charge is -2.10. The summed E-state index contributed by atoms with van der Waals surface area (Å²) in [6.45, 7) is 0.327. The summed E-state index contributed by atoms with van der Waals surface area (Å²) in [5.74, 6) is -0.0792. The van der Waals surface area contributed by atoms with E-state index < -0.39 is 6.10 Å². The van der Waals surface area contributed by atoms with E-state index in [2.05, 4.69) is 9.97 Å². The number of rotatable bonds is 2. The first-order chi connectivity index (χ1) is 8.74. The molecule has 2 aromatic heterocycles. The van der Waals surface area contributed by atoms with E-state index in [-0.39, 0.29) is 12.3 Å². The molecule has 6 heteroatoms. The molecule has 1 saturated heterocycles. The summed E-state index contributed by atoms with van der Waals surface area (Å²) < 4.78 is 0. The van der Waals surface area contributed by atoms with Gasteiger partial charge in [0, 0.05) is 11.6 Å². The molecule has 0 spiro atoms. The molecule has 1 aliphatic rings. The van der Waals surface area contributed by atoms with Crippen molar-refractivity contribution in [3.05, 3.63) is 29.8 Å². The number of β-amino-alcohol motifs (C(OH)–C–C–N with tert-alkyl or cyclic N) is 1. The summed E-state index contributed by atoms with van der Waals surface area (Å²) in [5.41, 5.74) is 1.54. The molecule has 0 aliphatic carbocycles. The molecule has 1 amide bonds. The maximum absolute atomic E-state index is 11.6.